The van der Waals surface area contributed by atoms with Crippen molar-refractivity contribution in [2.75, 3.05) is 5.32 Å². The summed E-state index contributed by atoms with van der Waals surface area (Å²) in [6.45, 7) is 2.09. The Morgan fingerprint density at radius 2 is 2.08 bits per heavy atom. The summed E-state index contributed by atoms with van der Waals surface area (Å²) in [5.41, 5.74) is 0.311. The van der Waals surface area contributed by atoms with Crippen molar-refractivity contribution >= 4 is 58.2 Å². The maximum absolute atomic E-state index is 12.5. The second-order valence-corrected chi connectivity index (χ2v) is 7.75. The van der Waals surface area contributed by atoms with E-state index in [-0.39, 0.29) is 16.0 Å². The first kappa shape index (κ1) is 19.0. The van der Waals surface area contributed by atoms with Crippen LogP contribution in [0, 0.1) is 0 Å². The first-order valence-electron chi connectivity index (χ1n) is 7.34. The maximum Gasteiger partial charge on any atom is 0.237 e. The fourth-order valence-electron chi connectivity index (χ4n) is 2.03. The normalized spacial score (nSPS) is 12.2. The van der Waals surface area contributed by atoms with Crippen molar-refractivity contribution in [1.29, 1.82) is 0 Å². The van der Waals surface area contributed by atoms with E-state index >= 15 is 0 Å². The summed E-state index contributed by atoms with van der Waals surface area (Å²) in [4.78, 5) is 12.5. The molecule has 1 amide bonds. The third-order valence-corrected chi connectivity index (χ3v) is 5.18. The summed E-state index contributed by atoms with van der Waals surface area (Å²) >= 11 is 19.3. The van der Waals surface area contributed by atoms with E-state index in [0.29, 0.717) is 28.2 Å². The number of carbonyl (C=O) groups excluding carboxylic acids is 1. The number of nitrogens with one attached hydrogen (secondary N) is 1. The number of nitrogens with zero attached hydrogens (tertiary/aromatic N) is 4. The van der Waals surface area contributed by atoms with Gasteiger partial charge in [0.25, 0.3) is 0 Å². The van der Waals surface area contributed by atoms with Crippen LogP contribution in [0.4, 0.5) is 5.69 Å². The lowest BCUT2D eigenvalue weighted by molar-refractivity contribution is -0.115. The molecule has 0 saturated carbocycles. The van der Waals surface area contributed by atoms with E-state index in [1.54, 1.807) is 23.9 Å². The smallest absolute Gasteiger partial charge is 0.237 e. The Hall–Kier alpha value is -1.74. The molecular weight excluding hydrogens is 421 g/mol. The molecule has 3 rings (SSSR count). The Balaban J connectivity index is 1.68. The van der Waals surface area contributed by atoms with Crippen LogP contribution in [0.3, 0.4) is 0 Å². The van der Waals surface area contributed by atoms with E-state index in [9.17, 15) is 4.79 Å². The molecule has 3 aromatic rings. The maximum atomic E-state index is 12.5. The average Bonchev–Trinajstić information content (AvgIpc) is 3.23. The minimum absolute atomic E-state index is 0.260. The van der Waals surface area contributed by atoms with Gasteiger partial charge in [0.1, 0.15) is 12.3 Å². The minimum atomic E-state index is -0.501. The molecule has 0 saturated heterocycles. The molecule has 26 heavy (non-hydrogen) atoms. The monoisotopic (exact) mass is 431 g/mol. The Labute approximate surface area is 168 Å². The predicted octanol–water partition coefficient (Wildman–Crippen LogP) is 4.39. The highest BCUT2D eigenvalue weighted by Gasteiger charge is 2.21. The van der Waals surface area contributed by atoms with Gasteiger partial charge in [-0.05, 0) is 41.6 Å². The highest BCUT2D eigenvalue weighted by molar-refractivity contribution is 8.00. The van der Waals surface area contributed by atoms with Gasteiger partial charge in [-0.15, -0.1) is 5.10 Å². The van der Waals surface area contributed by atoms with Crippen molar-refractivity contribution in [3.63, 3.8) is 0 Å². The zero-order chi connectivity index (χ0) is 18.7. The molecule has 0 aliphatic heterocycles. The Morgan fingerprint density at radius 3 is 2.73 bits per heavy atom. The number of aromatic nitrogens is 4. The van der Waals surface area contributed by atoms with Crippen molar-refractivity contribution in [2.45, 2.75) is 23.9 Å². The zero-order valence-electron chi connectivity index (χ0n) is 13.3. The predicted molar refractivity (Wildman–Crippen MR) is 101 cm³/mol. The molecule has 136 valence electrons. The lowest BCUT2D eigenvalue weighted by atomic mass is 10.3. The number of hydrogen-bond acceptors (Lipinski definition) is 6. The number of rotatable bonds is 6. The molecule has 0 bridgehead atoms. The van der Waals surface area contributed by atoms with E-state index in [1.165, 1.54) is 23.9 Å². The van der Waals surface area contributed by atoms with Gasteiger partial charge in [0.15, 0.2) is 0 Å². The summed E-state index contributed by atoms with van der Waals surface area (Å²) < 4.78 is 6.84. The van der Waals surface area contributed by atoms with Gasteiger partial charge < -0.3 is 9.73 Å². The molecule has 0 aliphatic rings. The average molecular weight is 433 g/mol. The number of furan rings is 1. The van der Waals surface area contributed by atoms with Crippen LogP contribution in [0.1, 0.15) is 12.7 Å². The zero-order valence-corrected chi connectivity index (χ0v) is 16.4. The van der Waals surface area contributed by atoms with Gasteiger partial charge in [0.05, 0.1) is 27.2 Å². The van der Waals surface area contributed by atoms with Crippen molar-refractivity contribution < 1.29 is 9.21 Å². The molecule has 0 spiro atoms. The van der Waals surface area contributed by atoms with Crippen LogP contribution in [-0.2, 0) is 11.3 Å². The first-order valence-corrected chi connectivity index (χ1v) is 9.36. The molecule has 2 aromatic heterocycles. The van der Waals surface area contributed by atoms with Crippen LogP contribution in [0.25, 0.3) is 0 Å². The standard InChI is InChI=1S/C15H12Cl3N5O2S/c1-8(14(24)19-13-11(17)5-9(16)6-12(13)18)26-15-20-21-22-23(15)7-10-3-2-4-25-10/h2-6,8H,7H2,1H3,(H,19,24). The molecule has 0 fully saturated rings. The third-order valence-electron chi connectivity index (χ3n) is 3.29. The van der Waals surface area contributed by atoms with Gasteiger partial charge in [-0.1, -0.05) is 46.6 Å². The van der Waals surface area contributed by atoms with Crippen LogP contribution in [0.5, 0.6) is 0 Å². The number of benzene rings is 1. The van der Waals surface area contributed by atoms with E-state index in [2.05, 4.69) is 20.8 Å². The molecule has 1 unspecified atom stereocenters. The highest BCUT2D eigenvalue weighted by atomic mass is 35.5. The van der Waals surface area contributed by atoms with Gasteiger partial charge in [-0.25, -0.2) is 4.68 Å². The van der Waals surface area contributed by atoms with Crippen molar-refractivity contribution in [3.8, 4) is 0 Å². The van der Waals surface area contributed by atoms with E-state index < -0.39 is 5.25 Å². The molecule has 2 heterocycles. The largest absolute Gasteiger partial charge is 0.467 e. The number of anilines is 1. The van der Waals surface area contributed by atoms with Crippen LogP contribution in [0.2, 0.25) is 15.1 Å². The van der Waals surface area contributed by atoms with Crippen LogP contribution < -0.4 is 5.32 Å². The molecule has 1 atom stereocenters. The van der Waals surface area contributed by atoms with Crippen LogP contribution >= 0.6 is 46.6 Å². The van der Waals surface area contributed by atoms with Crippen molar-refractivity contribution in [1.82, 2.24) is 20.2 Å². The van der Waals surface area contributed by atoms with Gasteiger partial charge in [-0.2, -0.15) is 0 Å². The Bertz CT molecular complexity index is 893. The van der Waals surface area contributed by atoms with Crippen molar-refractivity contribution in [2.24, 2.45) is 0 Å². The summed E-state index contributed by atoms with van der Waals surface area (Å²) in [6.07, 6.45) is 1.57. The summed E-state index contributed by atoms with van der Waals surface area (Å²) in [7, 11) is 0. The first-order chi connectivity index (χ1) is 12.4. The molecule has 7 nitrogen and oxygen atoms in total. The quantitative estimate of drug-likeness (QED) is 0.581. The number of thioether (sulfide) groups is 1. The summed E-state index contributed by atoms with van der Waals surface area (Å²) in [5, 5.41) is 15.1. The molecule has 1 aromatic carbocycles. The van der Waals surface area contributed by atoms with Gasteiger partial charge in [0, 0.05) is 5.02 Å². The fourth-order valence-corrected chi connectivity index (χ4v) is 3.73. The number of amides is 1. The number of tetrazole rings is 1. The summed E-state index contributed by atoms with van der Waals surface area (Å²) in [6, 6.07) is 6.61. The minimum Gasteiger partial charge on any atom is -0.467 e. The number of carbonyl (C=O) groups is 1. The topological polar surface area (TPSA) is 85.8 Å². The lowest BCUT2D eigenvalue weighted by Crippen LogP contribution is -2.23. The highest BCUT2D eigenvalue weighted by Crippen LogP contribution is 2.34. The summed E-state index contributed by atoms with van der Waals surface area (Å²) in [5.74, 6) is 0.407. The van der Waals surface area contributed by atoms with E-state index in [1.807, 2.05) is 6.07 Å². The Kier molecular flexibility index (Phi) is 6.08. The van der Waals surface area contributed by atoms with Gasteiger partial charge >= 0.3 is 0 Å². The fraction of sp³-hybridized carbons (Fsp3) is 0.200. The lowest BCUT2D eigenvalue weighted by Gasteiger charge is -2.14. The van der Waals surface area contributed by atoms with E-state index in [0.717, 1.165) is 0 Å². The van der Waals surface area contributed by atoms with Gasteiger partial charge in [0.2, 0.25) is 11.1 Å². The third kappa shape index (κ3) is 4.50. The second-order valence-electron chi connectivity index (χ2n) is 5.19. The van der Waals surface area contributed by atoms with Gasteiger partial charge in [-0.3, -0.25) is 4.79 Å². The number of halogens is 3. The molecule has 11 heteroatoms. The Morgan fingerprint density at radius 1 is 1.35 bits per heavy atom. The van der Waals surface area contributed by atoms with Crippen molar-refractivity contribution in [3.05, 3.63) is 51.4 Å². The molecule has 0 aliphatic carbocycles. The number of hydrogen-bond donors (Lipinski definition) is 1. The molecule has 0 radical (unpaired) electrons. The second kappa shape index (κ2) is 8.30. The van der Waals surface area contributed by atoms with E-state index in [4.69, 9.17) is 39.2 Å². The van der Waals surface area contributed by atoms with Crippen LogP contribution in [0.15, 0.2) is 40.1 Å². The molecular formula is C15H12Cl3N5O2S. The van der Waals surface area contributed by atoms with Crippen LogP contribution in [-0.4, -0.2) is 31.4 Å². The SMILES string of the molecule is CC(Sc1nnnn1Cc1ccco1)C(=O)Nc1c(Cl)cc(Cl)cc1Cl. The molecule has 1 N–H and O–H groups in total.